The van der Waals surface area contributed by atoms with E-state index in [1.165, 1.54) is 0 Å². The molecule has 1 unspecified atom stereocenters. The lowest BCUT2D eigenvalue weighted by molar-refractivity contribution is 0.574. The third-order valence-electron chi connectivity index (χ3n) is 2.97. The Kier molecular flexibility index (Phi) is 4.81. The van der Waals surface area contributed by atoms with Gasteiger partial charge in [-0.25, -0.2) is 0 Å². The van der Waals surface area contributed by atoms with Crippen LogP contribution in [0.4, 0.5) is 0 Å². The number of aryl methyl sites for hydroxylation is 1. The molecule has 0 saturated heterocycles. The predicted molar refractivity (Wildman–Crippen MR) is 80.7 cm³/mol. The standard InChI is InChI=1S/C15H16Cl2N2/c1-10-5-12(8-18-7-10)9-19-11(2)14-4-3-13(16)6-15(14)17/h3-8,11,19H,9H2,1-2H3. The highest BCUT2D eigenvalue weighted by molar-refractivity contribution is 6.35. The van der Waals surface area contributed by atoms with Crippen molar-refractivity contribution in [2.75, 3.05) is 0 Å². The van der Waals surface area contributed by atoms with Crippen LogP contribution in [0.5, 0.6) is 0 Å². The van der Waals surface area contributed by atoms with Crippen molar-refractivity contribution < 1.29 is 0 Å². The second-order valence-electron chi connectivity index (χ2n) is 4.64. The maximum absolute atomic E-state index is 6.19. The number of aromatic nitrogens is 1. The molecule has 1 N–H and O–H groups in total. The summed E-state index contributed by atoms with van der Waals surface area (Å²) in [7, 11) is 0. The first kappa shape index (κ1) is 14.3. The van der Waals surface area contributed by atoms with Crippen molar-refractivity contribution in [1.29, 1.82) is 0 Å². The van der Waals surface area contributed by atoms with Gasteiger partial charge in [0.05, 0.1) is 0 Å². The molecular formula is C15H16Cl2N2. The van der Waals surface area contributed by atoms with E-state index in [0.29, 0.717) is 10.0 Å². The number of nitrogens with zero attached hydrogens (tertiary/aromatic N) is 1. The van der Waals surface area contributed by atoms with Gasteiger partial charge in [-0.2, -0.15) is 0 Å². The van der Waals surface area contributed by atoms with Crippen LogP contribution in [0, 0.1) is 6.92 Å². The van der Waals surface area contributed by atoms with Gasteiger partial charge in [-0.1, -0.05) is 35.3 Å². The average molecular weight is 295 g/mol. The minimum Gasteiger partial charge on any atom is -0.306 e. The van der Waals surface area contributed by atoms with Gasteiger partial charge in [0, 0.05) is 35.0 Å². The van der Waals surface area contributed by atoms with Crippen LogP contribution in [-0.4, -0.2) is 4.98 Å². The molecule has 0 aliphatic carbocycles. The summed E-state index contributed by atoms with van der Waals surface area (Å²) < 4.78 is 0. The van der Waals surface area contributed by atoms with Crippen molar-refractivity contribution in [1.82, 2.24) is 10.3 Å². The zero-order valence-electron chi connectivity index (χ0n) is 11.0. The number of rotatable bonds is 4. The lowest BCUT2D eigenvalue weighted by Gasteiger charge is -2.16. The lowest BCUT2D eigenvalue weighted by Crippen LogP contribution is -2.18. The van der Waals surface area contributed by atoms with Crippen molar-refractivity contribution in [3.8, 4) is 0 Å². The summed E-state index contributed by atoms with van der Waals surface area (Å²) in [5, 5.41) is 4.78. The SMILES string of the molecule is Cc1cncc(CNC(C)c2ccc(Cl)cc2Cl)c1. The first-order chi connectivity index (χ1) is 9.06. The van der Waals surface area contributed by atoms with Crippen LogP contribution in [0.3, 0.4) is 0 Å². The molecule has 1 atom stereocenters. The van der Waals surface area contributed by atoms with Crippen LogP contribution in [0.2, 0.25) is 10.0 Å². The molecule has 0 saturated carbocycles. The van der Waals surface area contributed by atoms with Crippen LogP contribution in [-0.2, 0) is 6.54 Å². The van der Waals surface area contributed by atoms with E-state index in [1.54, 1.807) is 6.07 Å². The van der Waals surface area contributed by atoms with Crippen molar-refractivity contribution >= 4 is 23.2 Å². The van der Waals surface area contributed by atoms with Gasteiger partial charge < -0.3 is 5.32 Å². The highest BCUT2D eigenvalue weighted by atomic mass is 35.5. The summed E-state index contributed by atoms with van der Waals surface area (Å²) in [5.41, 5.74) is 3.38. The Hall–Kier alpha value is -1.09. The maximum Gasteiger partial charge on any atom is 0.0468 e. The summed E-state index contributed by atoms with van der Waals surface area (Å²) in [4.78, 5) is 4.18. The van der Waals surface area contributed by atoms with E-state index in [4.69, 9.17) is 23.2 Å². The molecule has 2 rings (SSSR count). The van der Waals surface area contributed by atoms with Crippen molar-refractivity contribution in [2.45, 2.75) is 26.4 Å². The highest BCUT2D eigenvalue weighted by Gasteiger charge is 2.09. The molecule has 19 heavy (non-hydrogen) atoms. The minimum absolute atomic E-state index is 0.158. The van der Waals surface area contributed by atoms with Crippen LogP contribution in [0.1, 0.15) is 29.7 Å². The molecule has 0 spiro atoms. The Labute approximate surface area is 123 Å². The Morgan fingerprint density at radius 2 is 2.00 bits per heavy atom. The van der Waals surface area contributed by atoms with Gasteiger partial charge in [0.2, 0.25) is 0 Å². The first-order valence-corrected chi connectivity index (χ1v) is 6.90. The molecule has 0 radical (unpaired) electrons. The fourth-order valence-electron chi connectivity index (χ4n) is 1.95. The summed E-state index contributed by atoms with van der Waals surface area (Å²) in [6.45, 7) is 4.88. The number of nitrogens with one attached hydrogen (secondary N) is 1. The predicted octanol–water partition coefficient (Wildman–Crippen LogP) is 4.55. The second-order valence-corrected chi connectivity index (χ2v) is 5.48. The molecule has 2 aromatic rings. The number of benzene rings is 1. The Morgan fingerprint density at radius 1 is 1.21 bits per heavy atom. The lowest BCUT2D eigenvalue weighted by atomic mass is 10.1. The molecule has 1 heterocycles. The van der Waals surface area contributed by atoms with Crippen molar-refractivity contribution in [3.05, 3.63) is 63.4 Å². The topological polar surface area (TPSA) is 24.9 Å². The van der Waals surface area contributed by atoms with Gasteiger partial charge in [0.25, 0.3) is 0 Å². The van der Waals surface area contributed by atoms with E-state index in [0.717, 1.165) is 23.2 Å². The zero-order chi connectivity index (χ0) is 13.8. The molecule has 0 aliphatic rings. The smallest absolute Gasteiger partial charge is 0.0468 e. The Balaban J connectivity index is 2.03. The summed E-state index contributed by atoms with van der Waals surface area (Å²) >= 11 is 12.1. The van der Waals surface area contributed by atoms with Crippen molar-refractivity contribution in [3.63, 3.8) is 0 Å². The van der Waals surface area contributed by atoms with Crippen LogP contribution >= 0.6 is 23.2 Å². The molecule has 4 heteroatoms. The molecule has 2 nitrogen and oxygen atoms in total. The molecular weight excluding hydrogens is 279 g/mol. The molecule has 1 aromatic heterocycles. The highest BCUT2D eigenvalue weighted by Crippen LogP contribution is 2.26. The Bertz CT molecular complexity index is 570. The van der Waals surface area contributed by atoms with Gasteiger partial charge in [-0.3, -0.25) is 4.98 Å². The van der Waals surface area contributed by atoms with E-state index >= 15 is 0 Å². The Morgan fingerprint density at radius 3 is 2.68 bits per heavy atom. The maximum atomic E-state index is 6.19. The number of pyridine rings is 1. The quantitative estimate of drug-likeness (QED) is 0.895. The molecule has 0 bridgehead atoms. The second kappa shape index (κ2) is 6.38. The van der Waals surface area contributed by atoms with Gasteiger partial charge in [0.1, 0.15) is 0 Å². The fraction of sp³-hybridized carbons (Fsp3) is 0.267. The molecule has 0 fully saturated rings. The molecule has 0 aliphatic heterocycles. The summed E-state index contributed by atoms with van der Waals surface area (Å²) in [6, 6.07) is 7.86. The van der Waals surface area contributed by atoms with Gasteiger partial charge >= 0.3 is 0 Å². The van der Waals surface area contributed by atoms with Gasteiger partial charge in [-0.05, 0) is 42.7 Å². The van der Waals surface area contributed by atoms with E-state index in [-0.39, 0.29) is 6.04 Å². The number of hydrogen-bond donors (Lipinski definition) is 1. The third kappa shape index (κ3) is 3.93. The molecule has 0 amide bonds. The van der Waals surface area contributed by atoms with Gasteiger partial charge in [0.15, 0.2) is 0 Å². The summed E-state index contributed by atoms with van der Waals surface area (Å²) in [6.07, 6.45) is 3.72. The first-order valence-electron chi connectivity index (χ1n) is 6.15. The van der Waals surface area contributed by atoms with Gasteiger partial charge in [-0.15, -0.1) is 0 Å². The molecule has 100 valence electrons. The summed E-state index contributed by atoms with van der Waals surface area (Å²) in [5.74, 6) is 0. The molecule has 1 aromatic carbocycles. The normalized spacial score (nSPS) is 12.4. The monoisotopic (exact) mass is 294 g/mol. The number of hydrogen-bond acceptors (Lipinski definition) is 2. The van der Waals surface area contributed by atoms with Crippen LogP contribution in [0.15, 0.2) is 36.7 Å². The van der Waals surface area contributed by atoms with Crippen LogP contribution < -0.4 is 5.32 Å². The van der Waals surface area contributed by atoms with Crippen LogP contribution in [0.25, 0.3) is 0 Å². The van der Waals surface area contributed by atoms with E-state index in [9.17, 15) is 0 Å². The fourth-order valence-corrected chi connectivity index (χ4v) is 2.52. The zero-order valence-corrected chi connectivity index (χ0v) is 12.5. The van der Waals surface area contributed by atoms with Crippen molar-refractivity contribution in [2.24, 2.45) is 0 Å². The largest absolute Gasteiger partial charge is 0.306 e. The van der Waals surface area contributed by atoms with E-state index in [1.807, 2.05) is 31.5 Å². The number of halogens is 2. The third-order valence-corrected chi connectivity index (χ3v) is 3.54. The van der Waals surface area contributed by atoms with E-state index in [2.05, 4.69) is 23.3 Å². The average Bonchev–Trinajstić information content (AvgIpc) is 2.36. The van der Waals surface area contributed by atoms with E-state index < -0.39 is 0 Å². The minimum atomic E-state index is 0.158.